The van der Waals surface area contributed by atoms with Gasteiger partial charge in [0.2, 0.25) is 11.8 Å². The Kier molecular flexibility index (Phi) is 7.72. The fourth-order valence-electron chi connectivity index (χ4n) is 1.49. The lowest BCUT2D eigenvalue weighted by Crippen LogP contribution is -2.48. The number of primary amides is 1. The summed E-state index contributed by atoms with van der Waals surface area (Å²) in [5, 5.41) is 20.4. The Labute approximate surface area is 107 Å². The molecule has 0 rings (SSSR count). The van der Waals surface area contributed by atoms with Gasteiger partial charge in [-0.05, 0) is 25.2 Å². The number of nitrogens with two attached hydrogens (primary N) is 1. The number of aliphatic hydroxyl groups excluding tert-OH is 1. The second kappa shape index (κ2) is 8.48. The molecule has 0 aliphatic rings. The molecule has 0 saturated heterocycles. The number of carbonyl (C=O) groups is 2. The van der Waals surface area contributed by atoms with Crippen molar-refractivity contribution in [3.8, 4) is 6.07 Å². The van der Waals surface area contributed by atoms with Gasteiger partial charge >= 0.3 is 0 Å². The molecule has 0 radical (unpaired) electrons. The normalized spacial score (nSPS) is 13.7. The van der Waals surface area contributed by atoms with E-state index < -0.39 is 24.0 Å². The largest absolute Gasteiger partial charge is 0.383 e. The molecular formula is C12H21N3O3. The van der Waals surface area contributed by atoms with Crippen molar-refractivity contribution in [3.05, 3.63) is 0 Å². The molecular weight excluding hydrogens is 234 g/mol. The molecule has 0 aliphatic carbocycles. The third-order valence-corrected chi connectivity index (χ3v) is 2.44. The van der Waals surface area contributed by atoms with E-state index in [0.29, 0.717) is 25.7 Å². The second-order valence-electron chi connectivity index (χ2n) is 4.66. The number of hydrogen-bond acceptors (Lipinski definition) is 4. The first-order valence-electron chi connectivity index (χ1n) is 6.03. The van der Waals surface area contributed by atoms with Gasteiger partial charge in [0, 0.05) is 6.42 Å². The minimum absolute atomic E-state index is 0.177. The number of nitriles is 1. The van der Waals surface area contributed by atoms with E-state index in [-0.39, 0.29) is 5.92 Å². The van der Waals surface area contributed by atoms with Gasteiger partial charge in [-0.25, -0.2) is 0 Å². The van der Waals surface area contributed by atoms with Crippen molar-refractivity contribution in [1.82, 2.24) is 5.32 Å². The van der Waals surface area contributed by atoms with Crippen LogP contribution in [0.4, 0.5) is 0 Å². The summed E-state index contributed by atoms with van der Waals surface area (Å²) in [4.78, 5) is 22.7. The van der Waals surface area contributed by atoms with Gasteiger partial charge in [0.15, 0.2) is 0 Å². The van der Waals surface area contributed by atoms with Gasteiger partial charge in [0.05, 0.1) is 6.07 Å². The van der Waals surface area contributed by atoms with Crippen LogP contribution in [-0.2, 0) is 9.59 Å². The van der Waals surface area contributed by atoms with Crippen LogP contribution in [0.25, 0.3) is 0 Å². The van der Waals surface area contributed by atoms with E-state index in [4.69, 9.17) is 11.0 Å². The van der Waals surface area contributed by atoms with Crippen LogP contribution < -0.4 is 11.1 Å². The van der Waals surface area contributed by atoms with Crippen molar-refractivity contribution in [1.29, 1.82) is 5.26 Å². The summed E-state index contributed by atoms with van der Waals surface area (Å²) < 4.78 is 0. The van der Waals surface area contributed by atoms with Gasteiger partial charge in [0.1, 0.15) is 12.1 Å². The summed E-state index contributed by atoms with van der Waals surface area (Å²) in [6.45, 7) is 3.77. The molecule has 4 N–H and O–H groups in total. The minimum Gasteiger partial charge on any atom is -0.383 e. The highest BCUT2D eigenvalue weighted by Gasteiger charge is 2.22. The van der Waals surface area contributed by atoms with Gasteiger partial charge in [0.25, 0.3) is 0 Å². The number of nitrogens with zero attached hydrogens (tertiary/aromatic N) is 1. The van der Waals surface area contributed by atoms with Crippen molar-refractivity contribution in [2.75, 3.05) is 0 Å². The van der Waals surface area contributed by atoms with Gasteiger partial charge < -0.3 is 16.2 Å². The quantitative estimate of drug-likeness (QED) is 0.531. The van der Waals surface area contributed by atoms with E-state index in [1.807, 2.05) is 19.9 Å². The summed E-state index contributed by atoms with van der Waals surface area (Å²) in [6, 6.07) is 1.12. The molecule has 0 saturated carbocycles. The molecule has 0 unspecified atom stereocenters. The van der Waals surface area contributed by atoms with E-state index >= 15 is 0 Å². The number of unbranched alkanes of at least 4 members (excludes halogenated alkanes) is 1. The molecule has 0 aliphatic heterocycles. The highest BCUT2D eigenvalue weighted by Crippen LogP contribution is 2.06. The van der Waals surface area contributed by atoms with Crippen molar-refractivity contribution in [2.45, 2.75) is 51.7 Å². The molecule has 102 valence electrons. The fourth-order valence-corrected chi connectivity index (χ4v) is 1.49. The van der Waals surface area contributed by atoms with Crippen LogP contribution in [0.15, 0.2) is 0 Å². The third-order valence-electron chi connectivity index (χ3n) is 2.44. The third kappa shape index (κ3) is 6.86. The maximum atomic E-state index is 11.6. The SMILES string of the molecule is CC(C)C[C@@H](O)C(=O)N[C@H](CCCC#N)C(N)=O. The number of carbonyl (C=O) groups excluding carboxylic acids is 2. The number of amides is 2. The molecule has 0 aromatic carbocycles. The van der Waals surface area contributed by atoms with E-state index in [9.17, 15) is 14.7 Å². The maximum Gasteiger partial charge on any atom is 0.249 e. The first-order valence-corrected chi connectivity index (χ1v) is 6.03. The number of aliphatic hydroxyl groups is 1. The molecule has 0 bridgehead atoms. The zero-order chi connectivity index (χ0) is 14.1. The Hall–Kier alpha value is -1.61. The van der Waals surface area contributed by atoms with Crippen LogP contribution in [0.5, 0.6) is 0 Å². The number of hydrogen-bond donors (Lipinski definition) is 3. The lowest BCUT2D eigenvalue weighted by Gasteiger charge is -2.18. The second-order valence-corrected chi connectivity index (χ2v) is 4.66. The number of rotatable bonds is 8. The van der Waals surface area contributed by atoms with E-state index in [0.717, 1.165) is 0 Å². The van der Waals surface area contributed by atoms with Crippen LogP contribution in [0.2, 0.25) is 0 Å². The summed E-state index contributed by atoms with van der Waals surface area (Å²) >= 11 is 0. The number of nitrogens with one attached hydrogen (secondary N) is 1. The van der Waals surface area contributed by atoms with Crippen LogP contribution in [-0.4, -0.2) is 29.1 Å². The highest BCUT2D eigenvalue weighted by atomic mass is 16.3. The van der Waals surface area contributed by atoms with Crippen molar-refractivity contribution >= 4 is 11.8 Å². The molecule has 0 fully saturated rings. The maximum absolute atomic E-state index is 11.6. The van der Waals surface area contributed by atoms with E-state index in [1.54, 1.807) is 0 Å². The smallest absolute Gasteiger partial charge is 0.249 e. The summed E-state index contributed by atoms with van der Waals surface area (Å²) in [6.07, 6.45) is 0.278. The zero-order valence-corrected chi connectivity index (χ0v) is 10.8. The van der Waals surface area contributed by atoms with Crippen molar-refractivity contribution in [3.63, 3.8) is 0 Å². The van der Waals surface area contributed by atoms with E-state index in [2.05, 4.69) is 5.32 Å². The van der Waals surface area contributed by atoms with Crippen LogP contribution >= 0.6 is 0 Å². The van der Waals surface area contributed by atoms with Gasteiger partial charge in [-0.3, -0.25) is 9.59 Å². The Morgan fingerprint density at radius 1 is 1.44 bits per heavy atom. The standard InChI is InChI=1S/C12H21N3O3/c1-8(2)7-10(16)12(18)15-9(11(14)17)5-3-4-6-13/h8-10,16H,3-5,7H2,1-2H3,(H2,14,17)(H,15,18)/t9-,10-/m1/s1. The fraction of sp³-hybridized carbons (Fsp3) is 0.750. The van der Waals surface area contributed by atoms with Gasteiger partial charge in [-0.1, -0.05) is 13.8 Å². The highest BCUT2D eigenvalue weighted by molar-refractivity contribution is 5.88. The molecule has 0 aromatic rings. The molecule has 6 nitrogen and oxygen atoms in total. The topological polar surface area (TPSA) is 116 Å². The molecule has 6 heteroatoms. The van der Waals surface area contributed by atoms with Crippen LogP contribution in [0.3, 0.4) is 0 Å². The molecule has 0 heterocycles. The lowest BCUT2D eigenvalue weighted by atomic mass is 10.0. The average molecular weight is 255 g/mol. The molecule has 2 amide bonds. The molecule has 0 aromatic heterocycles. The Morgan fingerprint density at radius 3 is 2.50 bits per heavy atom. The minimum atomic E-state index is -1.14. The Bertz CT molecular complexity index is 323. The molecule has 18 heavy (non-hydrogen) atoms. The monoisotopic (exact) mass is 255 g/mol. The van der Waals surface area contributed by atoms with Gasteiger partial charge in [-0.2, -0.15) is 5.26 Å². The first kappa shape index (κ1) is 16.4. The Morgan fingerprint density at radius 2 is 2.06 bits per heavy atom. The predicted molar refractivity (Wildman–Crippen MR) is 66.1 cm³/mol. The summed E-state index contributed by atoms with van der Waals surface area (Å²) in [5.74, 6) is -1.07. The van der Waals surface area contributed by atoms with E-state index in [1.165, 1.54) is 0 Å². The van der Waals surface area contributed by atoms with Crippen molar-refractivity contribution < 1.29 is 14.7 Å². The van der Waals surface area contributed by atoms with Crippen LogP contribution in [0, 0.1) is 17.2 Å². The summed E-state index contributed by atoms with van der Waals surface area (Å²) in [5.41, 5.74) is 5.15. The van der Waals surface area contributed by atoms with Gasteiger partial charge in [-0.15, -0.1) is 0 Å². The Balaban J connectivity index is 4.27. The summed E-state index contributed by atoms with van der Waals surface area (Å²) in [7, 11) is 0. The first-order chi connectivity index (χ1) is 8.38. The lowest BCUT2D eigenvalue weighted by molar-refractivity contribution is -0.133. The molecule has 2 atom stereocenters. The average Bonchev–Trinajstić information content (AvgIpc) is 2.26. The zero-order valence-electron chi connectivity index (χ0n) is 10.8. The predicted octanol–water partition coefficient (Wildman–Crippen LogP) is 0.0574. The van der Waals surface area contributed by atoms with Crippen LogP contribution in [0.1, 0.15) is 39.5 Å². The molecule has 0 spiro atoms. The van der Waals surface area contributed by atoms with Crippen molar-refractivity contribution in [2.24, 2.45) is 11.7 Å².